The molecule has 1 aromatic carbocycles. The number of fused-ring (bicyclic) bond motifs is 2. The Morgan fingerprint density at radius 1 is 1.22 bits per heavy atom. The molecule has 2 N–H and O–H groups in total. The summed E-state index contributed by atoms with van der Waals surface area (Å²) in [7, 11) is 0. The highest BCUT2D eigenvalue weighted by Gasteiger charge is 2.48. The lowest BCUT2D eigenvalue weighted by Gasteiger charge is -2.32. The largest absolute Gasteiger partial charge is 0.480 e. The van der Waals surface area contributed by atoms with Crippen molar-refractivity contribution in [3.8, 4) is 0 Å². The summed E-state index contributed by atoms with van der Waals surface area (Å²) in [4.78, 5) is 26.3. The van der Waals surface area contributed by atoms with Crippen LogP contribution < -0.4 is 0 Å². The maximum atomic E-state index is 13.1. The minimum Gasteiger partial charge on any atom is -0.480 e. The zero-order valence-corrected chi connectivity index (χ0v) is 12.7. The van der Waals surface area contributed by atoms with E-state index in [2.05, 4.69) is 10.2 Å². The summed E-state index contributed by atoms with van der Waals surface area (Å²) in [5.41, 5.74) is 1.13. The first-order chi connectivity index (χ1) is 11.2. The number of likely N-dealkylation sites (tertiary alicyclic amines) is 1. The van der Waals surface area contributed by atoms with Crippen LogP contribution in [0.1, 0.15) is 42.6 Å². The van der Waals surface area contributed by atoms with Gasteiger partial charge >= 0.3 is 5.97 Å². The molecule has 6 nitrogen and oxygen atoms in total. The Hall–Kier alpha value is -2.37. The van der Waals surface area contributed by atoms with E-state index < -0.39 is 12.0 Å². The predicted molar refractivity (Wildman–Crippen MR) is 84.1 cm³/mol. The fourth-order valence-electron chi connectivity index (χ4n) is 4.22. The number of carboxylic acids is 1. The molecule has 120 valence electrons. The number of para-hydroxylation sites is 1. The number of nitrogens with one attached hydrogen (secondary N) is 1. The molecule has 1 aliphatic carbocycles. The Kier molecular flexibility index (Phi) is 3.32. The van der Waals surface area contributed by atoms with E-state index >= 15 is 0 Å². The van der Waals surface area contributed by atoms with Crippen LogP contribution in [-0.4, -0.2) is 44.2 Å². The molecule has 2 aromatic rings. The molecular weight excluding hydrogens is 294 g/mol. The fourth-order valence-corrected chi connectivity index (χ4v) is 4.22. The van der Waals surface area contributed by atoms with Gasteiger partial charge in [-0.3, -0.25) is 9.89 Å². The molecule has 0 unspecified atom stereocenters. The Morgan fingerprint density at radius 3 is 2.83 bits per heavy atom. The Labute approximate surface area is 133 Å². The van der Waals surface area contributed by atoms with Gasteiger partial charge in [0.05, 0.1) is 5.52 Å². The molecule has 2 aliphatic rings. The lowest BCUT2D eigenvalue weighted by Crippen LogP contribution is -2.46. The Balaban J connectivity index is 1.74. The zero-order valence-electron chi connectivity index (χ0n) is 12.7. The molecule has 3 atom stereocenters. The zero-order chi connectivity index (χ0) is 16.0. The Bertz CT molecular complexity index is 769. The average molecular weight is 313 g/mol. The van der Waals surface area contributed by atoms with Crippen LogP contribution in [0.5, 0.6) is 0 Å². The second-order valence-corrected chi connectivity index (χ2v) is 6.53. The third kappa shape index (κ3) is 2.20. The molecule has 2 fully saturated rings. The molecule has 2 heterocycles. The second-order valence-electron chi connectivity index (χ2n) is 6.53. The summed E-state index contributed by atoms with van der Waals surface area (Å²) in [5, 5.41) is 17.3. The number of hydrogen-bond acceptors (Lipinski definition) is 3. The third-order valence-corrected chi connectivity index (χ3v) is 5.28. The van der Waals surface area contributed by atoms with Gasteiger partial charge in [0.2, 0.25) is 0 Å². The van der Waals surface area contributed by atoms with Crippen LogP contribution in [0.2, 0.25) is 0 Å². The quantitative estimate of drug-likeness (QED) is 0.891. The van der Waals surface area contributed by atoms with Gasteiger partial charge in [0.1, 0.15) is 6.04 Å². The summed E-state index contributed by atoms with van der Waals surface area (Å²) in [6.07, 6.45) is 4.65. The van der Waals surface area contributed by atoms with Crippen molar-refractivity contribution in [2.75, 3.05) is 0 Å². The minimum atomic E-state index is -0.910. The molecular formula is C17H19N3O3. The smallest absolute Gasteiger partial charge is 0.326 e. The molecule has 1 aliphatic heterocycles. The van der Waals surface area contributed by atoms with Crippen molar-refractivity contribution in [3.05, 3.63) is 30.0 Å². The van der Waals surface area contributed by atoms with Gasteiger partial charge in [-0.1, -0.05) is 31.0 Å². The van der Waals surface area contributed by atoms with Crippen molar-refractivity contribution in [2.24, 2.45) is 5.92 Å². The summed E-state index contributed by atoms with van der Waals surface area (Å²) < 4.78 is 0. The monoisotopic (exact) mass is 313 g/mol. The Morgan fingerprint density at radius 2 is 2.00 bits per heavy atom. The van der Waals surface area contributed by atoms with E-state index in [4.69, 9.17) is 0 Å². The molecule has 0 spiro atoms. The predicted octanol–water partition coefficient (Wildman–Crippen LogP) is 2.42. The van der Waals surface area contributed by atoms with Crippen LogP contribution in [0.4, 0.5) is 0 Å². The summed E-state index contributed by atoms with van der Waals surface area (Å²) in [6.45, 7) is 0. The summed E-state index contributed by atoms with van der Waals surface area (Å²) >= 11 is 0. The first kappa shape index (κ1) is 14.2. The van der Waals surface area contributed by atoms with E-state index in [1.165, 1.54) is 0 Å². The lowest BCUT2D eigenvalue weighted by molar-refractivity contribution is -0.141. The number of hydrogen-bond donors (Lipinski definition) is 2. The molecule has 1 amide bonds. The molecule has 6 heteroatoms. The summed E-state index contributed by atoms with van der Waals surface area (Å²) in [5.74, 6) is -0.865. The van der Waals surface area contributed by atoms with Gasteiger partial charge < -0.3 is 10.0 Å². The third-order valence-electron chi connectivity index (χ3n) is 5.28. The van der Waals surface area contributed by atoms with Gasteiger partial charge in [-0.05, 0) is 31.2 Å². The molecule has 1 aromatic heterocycles. The maximum Gasteiger partial charge on any atom is 0.326 e. The first-order valence-corrected chi connectivity index (χ1v) is 8.15. The fraction of sp³-hybridized carbons (Fsp3) is 0.471. The number of carbonyl (C=O) groups is 2. The maximum absolute atomic E-state index is 13.1. The topological polar surface area (TPSA) is 86.3 Å². The number of carbonyl (C=O) groups excluding carboxylic acids is 1. The first-order valence-electron chi connectivity index (χ1n) is 8.15. The van der Waals surface area contributed by atoms with E-state index in [1.807, 2.05) is 24.3 Å². The van der Waals surface area contributed by atoms with Crippen molar-refractivity contribution < 1.29 is 14.7 Å². The standard InChI is InChI=1S/C17H19N3O3/c21-16(15-11-6-2-3-7-12(11)18-19-15)20-13-8-4-1-5-10(13)9-14(20)17(22)23/h2-3,6-7,10,13-14H,1,4-5,8-9H2,(H,18,19)(H,22,23)/t10-,13+,14-/m0/s1. The number of aliphatic carboxylic acids is 1. The van der Waals surface area contributed by atoms with Gasteiger partial charge in [0.15, 0.2) is 5.69 Å². The van der Waals surface area contributed by atoms with E-state index in [1.54, 1.807) is 4.90 Å². The van der Waals surface area contributed by atoms with Crippen LogP contribution >= 0.6 is 0 Å². The SMILES string of the molecule is O=C(O)[C@@H]1C[C@@H]2CCCC[C@H]2N1C(=O)c1n[nH]c2ccccc12. The van der Waals surface area contributed by atoms with Gasteiger partial charge in [-0.25, -0.2) is 4.79 Å². The van der Waals surface area contributed by atoms with Gasteiger partial charge in [-0.2, -0.15) is 5.10 Å². The number of benzene rings is 1. The molecule has 23 heavy (non-hydrogen) atoms. The van der Waals surface area contributed by atoms with Crippen LogP contribution in [0, 0.1) is 5.92 Å². The van der Waals surface area contributed by atoms with Crippen molar-refractivity contribution in [1.29, 1.82) is 0 Å². The average Bonchev–Trinajstić information content (AvgIpc) is 3.16. The van der Waals surface area contributed by atoms with Crippen LogP contribution in [0.25, 0.3) is 10.9 Å². The number of H-pyrrole nitrogens is 1. The highest BCUT2D eigenvalue weighted by Crippen LogP contribution is 2.40. The molecule has 1 saturated heterocycles. The normalized spacial score (nSPS) is 27.1. The molecule has 0 radical (unpaired) electrons. The highest BCUT2D eigenvalue weighted by molar-refractivity contribution is 6.06. The van der Waals surface area contributed by atoms with Gasteiger partial charge in [0, 0.05) is 11.4 Å². The van der Waals surface area contributed by atoms with Crippen LogP contribution in [0.3, 0.4) is 0 Å². The van der Waals surface area contributed by atoms with Crippen molar-refractivity contribution in [3.63, 3.8) is 0 Å². The van der Waals surface area contributed by atoms with E-state index in [0.717, 1.165) is 36.6 Å². The number of amides is 1. The van der Waals surface area contributed by atoms with E-state index in [9.17, 15) is 14.7 Å². The number of carboxylic acid groups (broad SMARTS) is 1. The van der Waals surface area contributed by atoms with Crippen LogP contribution in [0.15, 0.2) is 24.3 Å². The van der Waals surface area contributed by atoms with Crippen molar-refractivity contribution >= 4 is 22.8 Å². The van der Waals surface area contributed by atoms with Crippen molar-refractivity contribution in [1.82, 2.24) is 15.1 Å². The summed E-state index contributed by atoms with van der Waals surface area (Å²) in [6, 6.07) is 6.74. The molecule has 4 rings (SSSR count). The van der Waals surface area contributed by atoms with Crippen LogP contribution in [-0.2, 0) is 4.79 Å². The van der Waals surface area contributed by atoms with E-state index in [-0.39, 0.29) is 11.9 Å². The minimum absolute atomic E-state index is 0.0350. The van der Waals surface area contributed by atoms with E-state index in [0.29, 0.717) is 18.0 Å². The van der Waals surface area contributed by atoms with Gasteiger partial charge in [-0.15, -0.1) is 0 Å². The molecule has 0 bridgehead atoms. The van der Waals surface area contributed by atoms with Gasteiger partial charge in [0.25, 0.3) is 5.91 Å². The molecule has 1 saturated carbocycles. The number of rotatable bonds is 2. The number of nitrogens with zero attached hydrogens (tertiary/aromatic N) is 2. The number of aromatic amines is 1. The van der Waals surface area contributed by atoms with Crippen molar-refractivity contribution in [2.45, 2.75) is 44.2 Å². The number of aromatic nitrogens is 2. The second kappa shape index (κ2) is 5.37. The lowest BCUT2D eigenvalue weighted by atomic mass is 9.84. The highest BCUT2D eigenvalue weighted by atomic mass is 16.4.